The second kappa shape index (κ2) is 10.4. The van der Waals surface area contributed by atoms with Crippen molar-refractivity contribution in [2.45, 2.75) is 6.42 Å². The Morgan fingerprint density at radius 1 is 0.938 bits per heavy atom. The van der Waals surface area contributed by atoms with E-state index in [1.54, 1.807) is 12.1 Å². The lowest BCUT2D eigenvalue weighted by atomic mass is 10.1. The number of hydrogen-bond acceptors (Lipinski definition) is 5. The zero-order valence-electron chi connectivity index (χ0n) is 17.4. The Morgan fingerprint density at radius 2 is 1.66 bits per heavy atom. The maximum atomic E-state index is 12.5. The molecule has 2 aromatic carbocycles. The van der Waals surface area contributed by atoms with Crippen molar-refractivity contribution >= 4 is 46.3 Å². The van der Waals surface area contributed by atoms with Crippen LogP contribution < -0.4 is 15.5 Å². The van der Waals surface area contributed by atoms with Gasteiger partial charge >= 0.3 is 0 Å². The van der Waals surface area contributed by atoms with E-state index < -0.39 is 0 Å². The fraction of sp³-hybridized carbons (Fsp3) is 0.208. The molecule has 6 nitrogen and oxygen atoms in total. The van der Waals surface area contributed by atoms with Crippen LogP contribution in [0, 0.1) is 0 Å². The number of amidine groups is 1. The van der Waals surface area contributed by atoms with Crippen LogP contribution in [-0.4, -0.2) is 43.8 Å². The van der Waals surface area contributed by atoms with Gasteiger partial charge in [-0.3, -0.25) is 14.6 Å². The summed E-state index contributed by atoms with van der Waals surface area (Å²) in [5.74, 6) is 0.579. The molecule has 2 N–H and O–H groups in total. The van der Waals surface area contributed by atoms with E-state index in [1.807, 2.05) is 42.5 Å². The van der Waals surface area contributed by atoms with E-state index in [0.29, 0.717) is 27.9 Å². The van der Waals surface area contributed by atoms with E-state index in [1.165, 1.54) is 11.3 Å². The van der Waals surface area contributed by atoms with Crippen molar-refractivity contribution in [3.63, 3.8) is 0 Å². The normalized spacial score (nSPS) is 13.4. The van der Waals surface area contributed by atoms with E-state index in [0.717, 1.165) is 36.6 Å². The van der Waals surface area contributed by atoms with E-state index in [-0.39, 0.29) is 11.8 Å². The second-order valence-corrected chi connectivity index (χ2v) is 8.95. The van der Waals surface area contributed by atoms with Crippen LogP contribution in [0.25, 0.3) is 0 Å². The molecule has 4 rings (SSSR count). The first-order valence-electron chi connectivity index (χ1n) is 10.4. The smallest absolute Gasteiger partial charge is 0.261 e. The zero-order valence-corrected chi connectivity index (χ0v) is 19.0. The van der Waals surface area contributed by atoms with Crippen LogP contribution in [0.5, 0.6) is 0 Å². The predicted molar refractivity (Wildman–Crippen MR) is 130 cm³/mol. The van der Waals surface area contributed by atoms with Crippen molar-refractivity contribution in [3.8, 4) is 0 Å². The number of hydrogen-bond donors (Lipinski definition) is 2. The van der Waals surface area contributed by atoms with Crippen LogP contribution in [0.4, 0.5) is 5.69 Å². The molecule has 0 spiro atoms. The number of carbonyl (C=O) groups is 2. The molecule has 0 saturated carbocycles. The molecule has 0 saturated heterocycles. The Labute approximate surface area is 195 Å². The number of rotatable bonds is 7. The molecule has 0 fully saturated rings. The first-order valence-corrected chi connectivity index (χ1v) is 11.6. The van der Waals surface area contributed by atoms with Gasteiger partial charge in [-0.25, -0.2) is 0 Å². The molecule has 0 radical (unpaired) electrons. The summed E-state index contributed by atoms with van der Waals surface area (Å²) in [6.45, 7) is 2.37. The molecule has 1 aliphatic heterocycles. The Bertz CT molecular complexity index is 1110. The highest BCUT2D eigenvalue weighted by molar-refractivity contribution is 7.18. The van der Waals surface area contributed by atoms with Gasteiger partial charge in [0.1, 0.15) is 5.84 Å². The molecule has 0 aliphatic carbocycles. The lowest BCUT2D eigenvalue weighted by molar-refractivity contribution is 0.0929. The number of halogens is 1. The van der Waals surface area contributed by atoms with E-state index in [9.17, 15) is 9.59 Å². The average Bonchev–Trinajstić information content (AvgIpc) is 3.28. The van der Waals surface area contributed by atoms with Crippen LogP contribution >= 0.6 is 22.9 Å². The highest BCUT2D eigenvalue weighted by Crippen LogP contribution is 2.22. The highest BCUT2D eigenvalue weighted by atomic mass is 35.5. The lowest BCUT2D eigenvalue weighted by Crippen LogP contribution is -2.36. The van der Waals surface area contributed by atoms with Crippen molar-refractivity contribution < 1.29 is 9.59 Å². The Morgan fingerprint density at radius 3 is 2.34 bits per heavy atom. The maximum absolute atomic E-state index is 12.5. The number of anilines is 1. The average molecular weight is 467 g/mol. The van der Waals surface area contributed by atoms with Crippen molar-refractivity contribution in [2.24, 2.45) is 4.99 Å². The third-order valence-corrected chi connectivity index (χ3v) is 6.25. The van der Waals surface area contributed by atoms with Gasteiger partial charge in [0.15, 0.2) is 0 Å². The molecular weight excluding hydrogens is 444 g/mol. The lowest BCUT2D eigenvalue weighted by Gasteiger charge is -2.29. The van der Waals surface area contributed by atoms with Gasteiger partial charge in [0.2, 0.25) is 0 Å². The largest absolute Gasteiger partial charge is 0.350 e. The summed E-state index contributed by atoms with van der Waals surface area (Å²) in [6, 6.07) is 21.0. The molecule has 2 amide bonds. The van der Waals surface area contributed by atoms with Gasteiger partial charge in [-0.15, -0.1) is 11.3 Å². The van der Waals surface area contributed by atoms with E-state index in [4.69, 9.17) is 16.6 Å². The quantitative estimate of drug-likeness (QED) is 0.512. The molecule has 1 aliphatic rings. The molecule has 0 bridgehead atoms. The first kappa shape index (κ1) is 22.0. The standard InChI is InChI=1S/C24H23ClN4O2S/c25-21-12-11-20(32-21)24(31)28-15-14-27-23(30)18-7-9-19(10-8-18)29-16-4-13-26-22(29)17-5-2-1-3-6-17/h1-3,5-12H,4,13-16H2,(H,27,30)(H,28,31). The second-order valence-electron chi connectivity index (χ2n) is 7.24. The van der Waals surface area contributed by atoms with E-state index >= 15 is 0 Å². The number of carbonyl (C=O) groups excluding carboxylic acids is 2. The fourth-order valence-corrected chi connectivity index (χ4v) is 4.42. The van der Waals surface area contributed by atoms with Crippen molar-refractivity contribution in [1.82, 2.24) is 10.6 Å². The molecule has 8 heteroatoms. The number of nitrogens with zero attached hydrogens (tertiary/aromatic N) is 2. The molecule has 0 atom stereocenters. The first-order chi connectivity index (χ1) is 15.6. The third kappa shape index (κ3) is 5.36. The summed E-state index contributed by atoms with van der Waals surface area (Å²) in [5.41, 5.74) is 2.66. The molecule has 2 heterocycles. The molecule has 32 heavy (non-hydrogen) atoms. The number of amides is 2. The van der Waals surface area contributed by atoms with Crippen molar-refractivity contribution in [3.05, 3.63) is 87.1 Å². The zero-order chi connectivity index (χ0) is 22.3. The van der Waals surface area contributed by atoms with Crippen LogP contribution in [0.15, 0.2) is 71.7 Å². The highest BCUT2D eigenvalue weighted by Gasteiger charge is 2.19. The molecular formula is C24H23ClN4O2S. The SMILES string of the molecule is O=C(NCCNC(=O)c1ccc(Cl)s1)c1ccc(N2CCCN=C2c2ccccc2)cc1. The number of nitrogens with one attached hydrogen (secondary N) is 2. The molecule has 1 aromatic heterocycles. The summed E-state index contributed by atoms with van der Waals surface area (Å²) >= 11 is 7.07. The topological polar surface area (TPSA) is 73.8 Å². The Kier molecular flexibility index (Phi) is 7.19. The van der Waals surface area contributed by atoms with Gasteiger partial charge < -0.3 is 15.5 Å². The Hall–Kier alpha value is -3.16. The summed E-state index contributed by atoms with van der Waals surface area (Å²) in [6.07, 6.45) is 0.988. The maximum Gasteiger partial charge on any atom is 0.261 e. The summed E-state index contributed by atoms with van der Waals surface area (Å²) in [4.78, 5) is 31.9. The summed E-state index contributed by atoms with van der Waals surface area (Å²) in [5, 5.41) is 5.60. The van der Waals surface area contributed by atoms with Gasteiger partial charge in [0.05, 0.1) is 9.21 Å². The summed E-state index contributed by atoms with van der Waals surface area (Å²) < 4.78 is 0.568. The Balaban J connectivity index is 1.32. The monoisotopic (exact) mass is 466 g/mol. The van der Waals surface area contributed by atoms with Gasteiger partial charge in [-0.05, 0) is 42.8 Å². The predicted octanol–water partition coefficient (Wildman–Crippen LogP) is 4.22. The number of thiophene rings is 1. The third-order valence-electron chi connectivity index (χ3n) is 5.02. The summed E-state index contributed by atoms with van der Waals surface area (Å²) in [7, 11) is 0. The van der Waals surface area contributed by atoms with Gasteiger partial charge in [0, 0.05) is 43.0 Å². The van der Waals surface area contributed by atoms with Gasteiger partial charge in [-0.1, -0.05) is 41.9 Å². The minimum absolute atomic E-state index is 0.180. The van der Waals surface area contributed by atoms with Crippen LogP contribution in [0.2, 0.25) is 4.34 Å². The van der Waals surface area contributed by atoms with Crippen molar-refractivity contribution in [1.29, 1.82) is 0 Å². The van der Waals surface area contributed by atoms with Crippen LogP contribution in [0.1, 0.15) is 32.0 Å². The van der Waals surface area contributed by atoms with Crippen molar-refractivity contribution in [2.75, 3.05) is 31.1 Å². The van der Waals surface area contributed by atoms with Gasteiger partial charge in [0.25, 0.3) is 11.8 Å². The van der Waals surface area contributed by atoms with Crippen LogP contribution in [0.3, 0.4) is 0 Å². The van der Waals surface area contributed by atoms with Gasteiger partial charge in [-0.2, -0.15) is 0 Å². The number of aliphatic imine (C=N–C) groups is 1. The fourth-order valence-electron chi connectivity index (χ4n) is 3.46. The molecule has 164 valence electrons. The minimum Gasteiger partial charge on any atom is -0.350 e. The molecule has 0 unspecified atom stereocenters. The number of benzene rings is 2. The molecule has 3 aromatic rings. The van der Waals surface area contributed by atoms with E-state index in [2.05, 4.69) is 27.7 Å². The minimum atomic E-state index is -0.196. The van der Waals surface area contributed by atoms with Crippen LogP contribution in [-0.2, 0) is 0 Å².